The summed E-state index contributed by atoms with van der Waals surface area (Å²) >= 11 is 0. The number of aldehydes is 1. The van der Waals surface area contributed by atoms with Crippen LogP contribution in [0, 0.1) is 5.82 Å². The largest absolute Gasteiger partial charge is 0.493 e. The van der Waals surface area contributed by atoms with E-state index in [1.165, 1.54) is 6.07 Å². The number of carbonyl (C=O) groups is 1. The number of rotatable bonds is 9. The summed E-state index contributed by atoms with van der Waals surface area (Å²) in [5.41, 5.74) is 2.11. The lowest BCUT2D eigenvalue weighted by molar-refractivity contribution is 0.112. The molecule has 0 saturated carbocycles. The first-order valence-corrected chi connectivity index (χ1v) is 8.77. The molecule has 3 rings (SSSR count). The molecule has 0 fully saturated rings. The summed E-state index contributed by atoms with van der Waals surface area (Å²) < 4.78 is 24.9. The van der Waals surface area contributed by atoms with E-state index < -0.39 is 0 Å². The molecule has 0 unspecified atom stereocenters. The Labute approximate surface area is 152 Å². The number of carbonyl (C=O) groups excluding carboxylic acids is 1. The lowest BCUT2D eigenvalue weighted by Gasteiger charge is -2.11. The number of aryl methyl sites for hydroxylation is 1. The van der Waals surface area contributed by atoms with E-state index in [-0.39, 0.29) is 5.82 Å². The molecule has 26 heavy (non-hydrogen) atoms. The Morgan fingerprint density at radius 3 is 2.65 bits per heavy atom. The van der Waals surface area contributed by atoms with Gasteiger partial charge in [0.05, 0.1) is 18.4 Å². The van der Waals surface area contributed by atoms with Crippen LogP contribution in [0.25, 0.3) is 11.3 Å². The Balaban J connectivity index is 1.50. The van der Waals surface area contributed by atoms with Crippen LogP contribution in [-0.2, 0) is 6.42 Å². The van der Waals surface area contributed by atoms with Crippen molar-refractivity contribution in [3.63, 3.8) is 0 Å². The molecule has 0 saturated heterocycles. The zero-order valence-electron chi connectivity index (χ0n) is 14.5. The van der Waals surface area contributed by atoms with Crippen molar-refractivity contribution in [3.8, 4) is 17.1 Å². The van der Waals surface area contributed by atoms with Gasteiger partial charge in [-0.2, -0.15) is 0 Å². The third kappa shape index (κ3) is 4.60. The highest BCUT2D eigenvalue weighted by atomic mass is 19.1. The molecule has 134 valence electrons. The molecule has 0 radical (unpaired) electrons. The third-order valence-electron chi connectivity index (χ3n) is 4.23. The SMILES string of the molecule is O=Cc1ccc(OCCCCCc2ccccc2F)c(-c2ccco2)c1. The Morgan fingerprint density at radius 1 is 1.00 bits per heavy atom. The van der Waals surface area contributed by atoms with E-state index in [4.69, 9.17) is 9.15 Å². The van der Waals surface area contributed by atoms with E-state index in [9.17, 15) is 9.18 Å². The molecule has 0 bridgehead atoms. The predicted octanol–water partition coefficient (Wildman–Crippen LogP) is 5.69. The first-order chi connectivity index (χ1) is 12.8. The fourth-order valence-electron chi connectivity index (χ4n) is 2.85. The number of hydrogen-bond donors (Lipinski definition) is 0. The average Bonchev–Trinajstić information content (AvgIpc) is 3.20. The lowest BCUT2D eigenvalue weighted by atomic mass is 10.1. The number of unbranched alkanes of at least 4 members (excludes halogenated alkanes) is 2. The summed E-state index contributed by atoms with van der Waals surface area (Å²) in [4.78, 5) is 11.0. The van der Waals surface area contributed by atoms with Gasteiger partial charge < -0.3 is 9.15 Å². The fraction of sp³-hybridized carbons (Fsp3) is 0.227. The van der Waals surface area contributed by atoms with Gasteiger partial charge in [0, 0.05) is 5.56 Å². The van der Waals surface area contributed by atoms with Crippen LogP contribution in [0.1, 0.15) is 35.2 Å². The predicted molar refractivity (Wildman–Crippen MR) is 99.0 cm³/mol. The van der Waals surface area contributed by atoms with Crippen LogP contribution < -0.4 is 4.74 Å². The maximum Gasteiger partial charge on any atom is 0.150 e. The number of furan rings is 1. The number of ether oxygens (including phenoxy) is 1. The summed E-state index contributed by atoms with van der Waals surface area (Å²) in [5.74, 6) is 1.23. The molecular weight excluding hydrogens is 331 g/mol. The standard InChI is InChI=1S/C22H21FO3/c23-20-9-4-3-8-18(20)7-2-1-5-13-25-22-12-11-17(16-24)15-19(22)21-10-6-14-26-21/h3-4,6,8-12,14-16H,1-2,5,7,13H2. The van der Waals surface area contributed by atoms with Crippen LogP contribution in [-0.4, -0.2) is 12.9 Å². The van der Waals surface area contributed by atoms with E-state index in [1.807, 2.05) is 18.2 Å². The van der Waals surface area contributed by atoms with Gasteiger partial charge in [-0.25, -0.2) is 4.39 Å². The minimum atomic E-state index is -0.137. The summed E-state index contributed by atoms with van der Waals surface area (Å²) in [6.45, 7) is 0.561. The summed E-state index contributed by atoms with van der Waals surface area (Å²) in [5, 5.41) is 0. The number of benzene rings is 2. The average molecular weight is 352 g/mol. The van der Waals surface area contributed by atoms with Crippen molar-refractivity contribution in [1.82, 2.24) is 0 Å². The van der Waals surface area contributed by atoms with Gasteiger partial charge in [0.15, 0.2) is 0 Å². The molecule has 3 aromatic rings. The van der Waals surface area contributed by atoms with Crippen LogP contribution in [0.15, 0.2) is 65.3 Å². The highest BCUT2D eigenvalue weighted by Crippen LogP contribution is 2.31. The molecule has 0 atom stereocenters. The molecule has 0 amide bonds. The van der Waals surface area contributed by atoms with Gasteiger partial charge in [0.1, 0.15) is 23.6 Å². The van der Waals surface area contributed by atoms with Gasteiger partial charge in [0.2, 0.25) is 0 Å². The molecule has 0 aliphatic carbocycles. The molecule has 3 nitrogen and oxygen atoms in total. The quantitative estimate of drug-likeness (QED) is 0.367. The van der Waals surface area contributed by atoms with Gasteiger partial charge in [-0.15, -0.1) is 0 Å². The van der Waals surface area contributed by atoms with Gasteiger partial charge >= 0.3 is 0 Å². The molecule has 4 heteroatoms. The Kier molecular flexibility index (Phi) is 6.20. The molecule has 0 aliphatic rings. The molecule has 0 spiro atoms. The first kappa shape index (κ1) is 17.9. The van der Waals surface area contributed by atoms with Crippen molar-refractivity contribution in [3.05, 3.63) is 77.8 Å². The third-order valence-corrected chi connectivity index (χ3v) is 4.23. The topological polar surface area (TPSA) is 39.4 Å². The van der Waals surface area contributed by atoms with Gasteiger partial charge in [-0.1, -0.05) is 18.2 Å². The molecule has 1 heterocycles. The summed E-state index contributed by atoms with van der Waals surface area (Å²) in [6.07, 6.45) is 5.88. The van der Waals surface area contributed by atoms with Gasteiger partial charge in [0.25, 0.3) is 0 Å². The highest BCUT2D eigenvalue weighted by Gasteiger charge is 2.10. The minimum Gasteiger partial charge on any atom is -0.493 e. The van der Waals surface area contributed by atoms with Crippen molar-refractivity contribution < 1.29 is 18.3 Å². The van der Waals surface area contributed by atoms with Crippen molar-refractivity contribution in [2.75, 3.05) is 6.61 Å². The van der Waals surface area contributed by atoms with Crippen molar-refractivity contribution in [2.45, 2.75) is 25.7 Å². The second-order valence-electron chi connectivity index (χ2n) is 6.10. The Hall–Kier alpha value is -2.88. The lowest BCUT2D eigenvalue weighted by Crippen LogP contribution is -2.00. The van der Waals surface area contributed by atoms with Gasteiger partial charge in [-0.3, -0.25) is 4.79 Å². The smallest absolute Gasteiger partial charge is 0.150 e. The van der Waals surface area contributed by atoms with E-state index in [0.717, 1.165) is 43.1 Å². The molecule has 0 N–H and O–H groups in total. The summed E-state index contributed by atoms with van der Waals surface area (Å²) in [6, 6.07) is 15.8. The highest BCUT2D eigenvalue weighted by molar-refractivity contribution is 5.80. The zero-order chi connectivity index (χ0) is 18.2. The van der Waals surface area contributed by atoms with Crippen LogP contribution in [0.4, 0.5) is 4.39 Å². The Morgan fingerprint density at radius 2 is 1.88 bits per heavy atom. The normalized spacial score (nSPS) is 10.7. The van der Waals surface area contributed by atoms with Crippen molar-refractivity contribution in [2.24, 2.45) is 0 Å². The second kappa shape index (κ2) is 8.99. The van der Waals surface area contributed by atoms with Crippen LogP contribution in [0.3, 0.4) is 0 Å². The van der Waals surface area contributed by atoms with E-state index >= 15 is 0 Å². The van der Waals surface area contributed by atoms with Crippen molar-refractivity contribution >= 4 is 6.29 Å². The maximum atomic E-state index is 13.6. The van der Waals surface area contributed by atoms with Crippen LogP contribution >= 0.6 is 0 Å². The van der Waals surface area contributed by atoms with Crippen LogP contribution in [0.2, 0.25) is 0 Å². The van der Waals surface area contributed by atoms with Crippen molar-refractivity contribution in [1.29, 1.82) is 0 Å². The first-order valence-electron chi connectivity index (χ1n) is 8.77. The minimum absolute atomic E-state index is 0.137. The van der Waals surface area contributed by atoms with Crippen LogP contribution in [0.5, 0.6) is 5.75 Å². The van der Waals surface area contributed by atoms with E-state index in [1.54, 1.807) is 36.6 Å². The maximum absolute atomic E-state index is 13.6. The Bertz CT molecular complexity index is 840. The zero-order valence-corrected chi connectivity index (χ0v) is 14.5. The van der Waals surface area contributed by atoms with E-state index in [2.05, 4.69) is 0 Å². The number of halogens is 1. The molecule has 2 aromatic carbocycles. The molecule has 1 aromatic heterocycles. The monoisotopic (exact) mass is 352 g/mol. The summed E-state index contributed by atoms with van der Waals surface area (Å²) in [7, 11) is 0. The fourth-order valence-corrected chi connectivity index (χ4v) is 2.85. The second-order valence-corrected chi connectivity index (χ2v) is 6.10. The van der Waals surface area contributed by atoms with E-state index in [0.29, 0.717) is 23.7 Å². The van der Waals surface area contributed by atoms with Gasteiger partial charge in [-0.05, 0) is 67.6 Å². The molecule has 0 aliphatic heterocycles. The number of hydrogen-bond acceptors (Lipinski definition) is 3. The molecular formula is C22H21FO3.